The van der Waals surface area contributed by atoms with Crippen molar-refractivity contribution < 1.29 is 9.90 Å². The molecule has 0 aromatic carbocycles. The first-order valence-electron chi connectivity index (χ1n) is 5.41. The van der Waals surface area contributed by atoms with Crippen LogP contribution in [0.15, 0.2) is 35.7 Å². The molecule has 0 amide bonds. The van der Waals surface area contributed by atoms with Gasteiger partial charge in [0.2, 0.25) is 0 Å². The van der Waals surface area contributed by atoms with E-state index in [1.54, 1.807) is 0 Å². The third kappa shape index (κ3) is 2.61. The van der Waals surface area contributed by atoms with Crippen LogP contribution in [-0.4, -0.2) is 11.1 Å². The molecule has 1 aromatic heterocycles. The van der Waals surface area contributed by atoms with Gasteiger partial charge >= 0.3 is 5.97 Å². The fraction of sp³-hybridized carbons (Fsp3) is 0.308. The van der Waals surface area contributed by atoms with E-state index in [2.05, 4.69) is 12.2 Å². The monoisotopic (exact) mass is 234 g/mol. The van der Waals surface area contributed by atoms with E-state index in [9.17, 15) is 9.90 Å². The fourth-order valence-corrected chi connectivity index (χ4v) is 2.64. The summed E-state index contributed by atoms with van der Waals surface area (Å²) in [4.78, 5) is 12.0. The highest BCUT2D eigenvalue weighted by molar-refractivity contribution is 7.11. The second-order valence-corrected chi connectivity index (χ2v) is 4.86. The van der Waals surface area contributed by atoms with Crippen LogP contribution in [0.25, 0.3) is 5.57 Å². The lowest BCUT2D eigenvalue weighted by molar-refractivity contribution is -0.130. The maximum Gasteiger partial charge on any atom is 0.336 e. The Labute approximate surface area is 98.9 Å². The van der Waals surface area contributed by atoms with Gasteiger partial charge in [-0.2, -0.15) is 0 Å². The van der Waals surface area contributed by atoms with Crippen LogP contribution in [-0.2, 0) is 4.79 Å². The lowest BCUT2D eigenvalue weighted by atomic mass is 9.92. The van der Waals surface area contributed by atoms with Crippen molar-refractivity contribution in [2.75, 3.05) is 0 Å². The minimum absolute atomic E-state index is 0.373. The van der Waals surface area contributed by atoms with E-state index < -0.39 is 5.97 Å². The number of aliphatic carboxylic acids is 1. The van der Waals surface area contributed by atoms with Crippen molar-refractivity contribution in [1.82, 2.24) is 0 Å². The van der Waals surface area contributed by atoms with Crippen LogP contribution < -0.4 is 0 Å². The number of hydrogen-bond acceptors (Lipinski definition) is 2. The number of hydrogen-bond donors (Lipinski definition) is 1. The van der Waals surface area contributed by atoms with Gasteiger partial charge in [0.05, 0.1) is 5.57 Å². The van der Waals surface area contributed by atoms with Gasteiger partial charge in [0.1, 0.15) is 0 Å². The molecule has 0 radical (unpaired) electrons. The molecule has 0 saturated carbocycles. The van der Waals surface area contributed by atoms with Crippen molar-refractivity contribution in [1.29, 1.82) is 0 Å². The molecule has 1 aliphatic carbocycles. The van der Waals surface area contributed by atoms with E-state index in [0.717, 1.165) is 24.1 Å². The van der Waals surface area contributed by atoms with Gasteiger partial charge < -0.3 is 5.11 Å². The summed E-state index contributed by atoms with van der Waals surface area (Å²) in [6.45, 7) is 0. The van der Waals surface area contributed by atoms with E-state index in [1.807, 2.05) is 23.6 Å². The van der Waals surface area contributed by atoms with Crippen LogP contribution in [0, 0.1) is 5.92 Å². The molecule has 0 spiro atoms. The number of allylic oxidation sites excluding steroid dienone is 3. The Morgan fingerprint density at radius 3 is 2.94 bits per heavy atom. The third-order valence-electron chi connectivity index (χ3n) is 2.73. The summed E-state index contributed by atoms with van der Waals surface area (Å²) in [5, 5.41) is 11.1. The zero-order valence-corrected chi connectivity index (χ0v) is 9.74. The SMILES string of the molecule is O=C(O)/C(=C/C1CC=CCC1)c1cccs1. The molecule has 2 nitrogen and oxygen atoms in total. The molecule has 1 heterocycles. The maximum absolute atomic E-state index is 11.2. The van der Waals surface area contributed by atoms with Gasteiger partial charge in [0, 0.05) is 4.88 Å². The van der Waals surface area contributed by atoms with Crippen molar-refractivity contribution in [3.63, 3.8) is 0 Å². The summed E-state index contributed by atoms with van der Waals surface area (Å²) in [6.07, 6.45) is 9.28. The fourth-order valence-electron chi connectivity index (χ4n) is 1.89. The predicted octanol–water partition coefficient (Wildman–Crippen LogP) is 3.57. The third-order valence-corrected chi connectivity index (χ3v) is 3.63. The first-order chi connectivity index (χ1) is 7.77. The molecule has 0 fully saturated rings. The average Bonchev–Trinajstić information content (AvgIpc) is 2.80. The second-order valence-electron chi connectivity index (χ2n) is 3.91. The quantitative estimate of drug-likeness (QED) is 0.641. The molecular weight excluding hydrogens is 220 g/mol. The van der Waals surface area contributed by atoms with Gasteiger partial charge in [0.25, 0.3) is 0 Å². The summed E-state index contributed by atoms with van der Waals surface area (Å²) in [5.41, 5.74) is 0.454. The topological polar surface area (TPSA) is 37.3 Å². The molecule has 0 aliphatic heterocycles. The van der Waals surface area contributed by atoms with Crippen molar-refractivity contribution in [3.05, 3.63) is 40.6 Å². The maximum atomic E-state index is 11.2. The van der Waals surface area contributed by atoms with Gasteiger partial charge in [-0.25, -0.2) is 4.79 Å². The molecule has 16 heavy (non-hydrogen) atoms. The second kappa shape index (κ2) is 5.12. The molecule has 1 aromatic rings. The Bertz CT molecular complexity index is 415. The molecule has 1 atom stereocenters. The molecule has 1 unspecified atom stereocenters. The zero-order valence-electron chi connectivity index (χ0n) is 8.93. The Morgan fingerprint density at radius 1 is 1.50 bits per heavy atom. The summed E-state index contributed by atoms with van der Waals surface area (Å²) in [6, 6.07) is 3.75. The zero-order chi connectivity index (χ0) is 11.4. The lowest BCUT2D eigenvalue weighted by Crippen LogP contribution is -2.04. The normalized spacial score (nSPS) is 21.0. The summed E-state index contributed by atoms with van der Waals surface area (Å²) < 4.78 is 0. The Balaban J connectivity index is 2.22. The van der Waals surface area contributed by atoms with Crippen molar-refractivity contribution in [2.24, 2.45) is 5.92 Å². The number of thiophene rings is 1. The van der Waals surface area contributed by atoms with Crippen molar-refractivity contribution >= 4 is 22.9 Å². The molecule has 1 N–H and O–H groups in total. The molecule has 0 bridgehead atoms. The van der Waals surface area contributed by atoms with Crippen LogP contribution >= 0.6 is 11.3 Å². The number of rotatable bonds is 3. The van der Waals surface area contributed by atoms with E-state index in [1.165, 1.54) is 11.3 Å². The smallest absolute Gasteiger partial charge is 0.336 e. The van der Waals surface area contributed by atoms with Gasteiger partial charge in [0.15, 0.2) is 0 Å². The van der Waals surface area contributed by atoms with Crippen LogP contribution in [0.4, 0.5) is 0 Å². The van der Waals surface area contributed by atoms with E-state index in [-0.39, 0.29) is 0 Å². The lowest BCUT2D eigenvalue weighted by Gasteiger charge is -2.14. The van der Waals surface area contributed by atoms with E-state index in [0.29, 0.717) is 11.5 Å². The van der Waals surface area contributed by atoms with Gasteiger partial charge in [-0.3, -0.25) is 0 Å². The number of carboxylic acids is 1. The molecule has 2 rings (SSSR count). The molecule has 1 aliphatic rings. The standard InChI is InChI=1S/C13H14O2S/c14-13(15)11(12-7-4-8-16-12)9-10-5-2-1-3-6-10/h1-2,4,7-10H,3,5-6H2,(H,14,15)/b11-9+. The number of carboxylic acid groups (broad SMARTS) is 1. The highest BCUT2D eigenvalue weighted by atomic mass is 32.1. The first kappa shape index (κ1) is 11.1. The van der Waals surface area contributed by atoms with Gasteiger partial charge in [-0.1, -0.05) is 24.3 Å². The Hall–Kier alpha value is -1.35. The van der Waals surface area contributed by atoms with Gasteiger partial charge in [-0.15, -0.1) is 11.3 Å². The van der Waals surface area contributed by atoms with E-state index in [4.69, 9.17) is 0 Å². The largest absolute Gasteiger partial charge is 0.478 e. The first-order valence-corrected chi connectivity index (χ1v) is 6.29. The Morgan fingerprint density at radius 2 is 2.38 bits per heavy atom. The minimum atomic E-state index is -0.822. The minimum Gasteiger partial charge on any atom is -0.478 e. The molecule has 84 valence electrons. The number of carbonyl (C=O) groups is 1. The van der Waals surface area contributed by atoms with Crippen LogP contribution in [0.3, 0.4) is 0 Å². The highest BCUT2D eigenvalue weighted by Gasteiger charge is 2.15. The summed E-state index contributed by atoms with van der Waals surface area (Å²) >= 11 is 1.48. The highest BCUT2D eigenvalue weighted by Crippen LogP contribution is 2.26. The average molecular weight is 234 g/mol. The molecular formula is C13H14O2S. The summed E-state index contributed by atoms with van der Waals surface area (Å²) in [5.74, 6) is -0.449. The summed E-state index contributed by atoms with van der Waals surface area (Å²) in [7, 11) is 0. The van der Waals surface area contributed by atoms with Crippen molar-refractivity contribution in [2.45, 2.75) is 19.3 Å². The van der Waals surface area contributed by atoms with Crippen LogP contribution in [0.5, 0.6) is 0 Å². The predicted molar refractivity (Wildman–Crippen MR) is 66.4 cm³/mol. The van der Waals surface area contributed by atoms with Crippen molar-refractivity contribution in [3.8, 4) is 0 Å². The van der Waals surface area contributed by atoms with Crippen LogP contribution in [0.1, 0.15) is 24.1 Å². The van der Waals surface area contributed by atoms with Crippen LogP contribution in [0.2, 0.25) is 0 Å². The Kier molecular flexibility index (Phi) is 3.57. The van der Waals surface area contributed by atoms with Gasteiger partial charge in [-0.05, 0) is 36.6 Å². The molecule has 3 heteroatoms. The van der Waals surface area contributed by atoms with E-state index >= 15 is 0 Å². The molecule has 0 saturated heterocycles.